The molecule has 9 heteroatoms. The average Bonchev–Trinajstić information content (AvgIpc) is 3.01. The van der Waals surface area contributed by atoms with Gasteiger partial charge in [-0.25, -0.2) is 9.59 Å². The largest absolute Gasteiger partial charge is 0.480 e. The van der Waals surface area contributed by atoms with E-state index in [0.717, 1.165) is 0 Å². The number of nitrogens with zero attached hydrogens (tertiary/aromatic N) is 3. The molecule has 1 aliphatic rings. The third-order valence-electron chi connectivity index (χ3n) is 2.92. The molecule has 1 aromatic heterocycles. The molecule has 0 radical (unpaired) electrons. The molecule has 2 amide bonds. The Labute approximate surface area is 119 Å². The molecule has 1 saturated heterocycles. The van der Waals surface area contributed by atoms with E-state index in [1.807, 2.05) is 6.92 Å². The molecule has 2 unspecified atom stereocenters. The minimum atomic E-state index is -0.989. The molecule has 0 aliphatic carbocycles. The average molecular weight is 300 g/mol. The van der Waals surface area contributed by atoms with Gasteiger partial charge < -0.3 is 14.9 Å². The molecule has 0 saturated carbocycles. The summed E-state index contributed by atoms with van der Waals surface area (Å²) in [5.41, 5.74) is 0. The van der Waals surface area contributed by atoms with Crippen LogP contribution in [0.4, 0.5) is 4.79 Å². The van der Waals surface area contributed by atoms with E-state index in [1.54, 1.807) is 6.92 Å². The van der Waals surface area contributed by atoms with Crippen LogP contribution in [0.15, 0.2) is 4.52 Å². The van der Waals surface area contributed by atoms with Crippen molar-refractivity contribution < 1.29 is 19.2 Å². The van der Waals surface area contributed by atoms with Crippen molar-refractivity contribution in [3.05, 3.63) is 11.7 Å². The van der Waals surface area contributed by atoms with Crippen molar-refractivity contribution in [1.29, 1.82) is 0 Å². The zero-order chi connectivity index (χ0) is 14.7. The fourth-order valence-corrected chi connectivity index (χ4v) is 3.34. The molecule has 2 rings (SSSR count). The summed E-state index contributed by atoms with van der Waals surface area (Å²) in [7, 11) is 0. The number of amides is 2. The van der Waals surface area contributed by atoms with Gasteiger partial charge in [0.05, 0.1) is 11.9 Å². The third kappa shape index (κ3) is 3.03. The molecule has 2 heterocycles. The van der Waals surface area contributed by atoms with E-state index in [1.165, 1.54) is 16.7 Å². The summed E-state index contributed by atoms with van der Waals surface area (Å²) >= 11 is 1.47. The van der Waals surface area contributed by atoms with Crippen LogP contribution in [0.2, 0.25) is 0 Å². The monoisotopic (exact) mass is 300 g/mol. The van der Waals surface area contributed by atoms with Crippen molar-refractivity contribution in [2.75, 3.05) is 5.75 Å². The van der Waals surface area contributed by atoms with Crippen LogP contribution in [0.1, 0.15) is 25.1 Å². The lowest BCUT2D eigenvalue weighted by atomic mass is 10.3. The Morgan fingerprint density at radius 1 is 1.60 bits per heavy atom. The fraction of sp³-hybridized carbons (Fsp3) is 0.636. The molecule has 2 atom stereocenters. The predicted molar refractivity (Wildman–Crippen MR) is 71.1 cm³/mol. The van der Waals surface area contributed by atoms with Gasteiger partial charge in [0, 0.05) is 5.75 Å². The van der Waals surface area contributed by atoms with Gasteiger partial charge in [-0.3, -0.25) is 4.90 Å². The summed E-state index contributed by atoms with van der Waals surface area (Å²) in [5, 5.41) is 15.3. The third-order valence-corrected chi connectivity index (χ3v) is 4.38. The number of carboxylic acids is 1. The Bertz CT molecular complexity index is 506. The number of thioether (sulfide) groups is 1. The molecule has 0 spiro atoms. The van der Waals surface area contributed by atoms with Gasteiger partial charge >= 0.3 is 12.0 Å². The van der Waals surface area contributed by atoms with Gasteiger partial charge in [0.1, 0.15) is 6.04 Å². The van der Waals surface area contributed by atoms with E-state index in [2.05, 4.69) is 15.5 Å². The minimum absolute atomic E-state index is 0.0869. The first-order chi connectivity index (χ1) is 9.52. The second-order valence-electron chi connectivity index (χ2n) is 4.35. The quantitative estimate of drug-likeness (QED) is 0.847. The number of rotatable bonds is 4. The van der Waals surface area contributed by atoms with Crippen molar-refractivity contribution in [2.45, 2.75) is 38.2 Å². The molecule has 0 aromatic carbocycles. The lowest BCUT2D eigenvalue weighted by molar-refractivity contribution is -0.141. The van der Waals surface area contributed by atoms with Gasteiger partial charge in [-0.05, 0) is 13.3 Å². The summed E-state index contributed by atoms with van der Waals surface area (Å²) in [4.78, 5) is 28.7. The van der Waals surface area contributed by atoms with Crippen LogP contribution in [0.25, 0.3) is 0 Å². The Morgan fingerprint density at radius 3 is 2.90 bits per heavy atom. The van der Waals surface area contributed by atoms with Crippen molar-refractivity contribution in [3.63, 3.8) is 0 Å². The number of aromatic nitrogens is 2. The molecule has 20 heavy (non-hydrogen) atoms. The van der Waals surface area contributed by atoms with Gasteiger partial charge in [0.25, 0.3) is 0 Å². The summed E-state index contributed by atoms with van der Waals surface area (Å²) < 4.78 is 4.89. The molecule has 2 N–H and O–H groups in total. The van der Waals surface area contributed by atoms with E-state index in [0.29, 0.717) is 23.9 Å². The first-order valence-corrected chi connectivity index (χ1v) is 7.27. The van der Waals surface area contributed by atoms with Crippen LogP contribution in [0.5, 0.6) is 0 Å². The lowest BCUT2D eigenvalue weighted by Gasteiger charge is -2.26. The Kier molecular flexibility index (Phi) is 4.48. The lowest BCUT2D eigenvalue weighted by Crippen LogP contribution is -2.49. The maximum atomic E-state index is 12.2. The molecule has 8 nitrogen and oxygen atoms in total. The second-order valence-corrected chi connectivity index (χ2v) is 5.56. The highest BCUT2D eigenvalue weighted by atomic mass is 32.2. The smallest absolute Gasteiger partial charge is 0.327 e. The standard InChI is InChI=1S/C11H16N4O4S/c1-3-9-15(7(5-20-9)10(16)17)11(18)12-4-8-13-6(2)14-19-8/h7,9H,3-5H2,1-2H3,(H,12,18)(H,16,17). The van der Waals surface area contributed by atoms with Gasteiger partial charge in [0.2, 0.25) is 5.89 Å². The van der Waals surface area contributed by atoms with Gasteiger partial charge in [0.15, 0.2) is 5.82 Å². The number of aryl methyl sites for hydroxylation is 1. The summed E-state index contributed by atoms with van der Waals surface area (Å²) in [6.07, 6.45) is 0.696. The van der Waals surface area contributed by atoms with Crippen LogP contribution < -0.4 is 5.32 Å². The van der Waals surface area contributed by atoms with Crippen molar-refractivity contribution in [2.24, 2.45) is 0 Å². The number of hydrogen-bond acceptors (Lipinski definition) is 6. The van der Waals surface area contributed by atoms with Crippen LogP contribution in [-0.2, 0) is 11.3 Å². The maximum absolute atomic E-state index is 12.2. The molecule has 0 bridgehead atoms. The molecule has 110 valence electrons. The van der Waals surface area contributed by atoms with E-state index in [-0.39, 0.29) is 11.9 Å². The van der Waals surface area contributed by atoms with Crippen LogP contribution in [0, 0.1) is 6.92 Å². The Hall–Kier alpha value is -1.77. The molecule has 1 fully saturated rings. The molecular weight excluding hydrogens is 284 g/mol. The highest BCUT2D eigenvalue weighted by molar-refractivity contribution is 8.00. The van der Waals surface area contributed by atoms with Crippen LogP contribution in [-0.4, -0.2) is 49.3 Å². The predicted octanol–water partition coefficient (Wildman–Crippen LogP) is 0.826. The van der Waals surface area contributed by atoms with Gasteiger partial charge in [-0.2, -0.15) is 4.98 Å². The zero-order valence-electron chi connectivity index (χ0n) is 11.2. The molecule has 1 aliphatic heterocycles. The van der Waals surface area contributed by atoms with Crippen molar-refractivity contribution in [3.8, 4) is 0 Å². The number of carbonyl (C=O) groups is 2. The van der Waals surface area contributed by atoms with E-state index in [4.69, 9.17) is 9.63 Å². The normalized spacial score (nSPS) is 22.0. The fourth-order valence-electron chi connectivity index (χ4n) is 2.00. The highest BCUT2D eigenvalue weighted by Crippen LogP contribution is 2.31. The van der Waals surface area contributed by atoms with Crippen molar-refractivity contribution >= 4 is 23.8 Å². The molecule has 1 aromatic rings. The van der Waals surface area contributed by atoms with Crippen LogP contribution >= 0.6 is 11.8 Å². The van der Waals surface area contributed by atoms with E-state index in [9.17, 15) is 9.59 Å². The number of carbonyl (C=O) groups excluding carboxylic acids is 1. The number of nitrogens with one attached hydrogen (secondary N) is 1. The number of hydrogen-bond donors (Lipinski definition) is 2. The van der Waals surface area contributed by atoms with E-state index < -0.39 is 18.0 Å². The van der Waals surface area contributed by atoms with Gasteiger partial charge in [-0.1, -0.05) is 12.1 Å². The Balaban J connectivity index is 2.00. The Morgan fingerprint density at radius 2 is 2.35 bits per heavy atom. The number of carboxylic acid groups (broad SMARTS) is 1. The van der Waals surface area contributed by atoms with Crippen LogP contribution in [0.3, 0.4) is 0 Å². The number of urea groups is 1. The first kappa shape index (κ1) is 14.6. The van der Waals surface area contributed by atoms with Gasteiger partial charge in [-0.15, -0.1) is 11.8 Å². The maximum Gasteiger partial charge on any atom is 0.327 e. The summed E-state index contributed by atoms with van der Waals surface area (Å²) in [5.74, 6) is 0.196. The highest BCUT2D eigenvalue weighted by Gasteiger charge is 2.40. The van der Waals surface area contributed by atoms with E-state index >= 15 is 0 Å². The zero-order valence-corrected chi connectivity index (χ0v) is 12.0. The SMILES string of the molecule is CCC1SCC(C(=O)O)N1C(=O)NCc1nc(C)no1. The van der Waals surface area contributed by atoms with Crippen molar-refractivity contribution in [1.82, 2.24) is 20.4 Å². The molecular formula is C11H16N4O4S. The summed E-state index contributed by atoms with van der Waals surface area (Å²) in [6, 6.07) is -1.22. The first-order valence-electron chi connectivity index (χ1n) is 6.22. The number of aliphatic carboxylic acids is 1. The minimum Gasteiger partial charge on any atom is -0.480 e. The topological polar surface area (TPSA) is 109 Å². The summed E-state index contributed by atoms with van der Waals surface area (Å²) in [6.45, 7) is 3.69. The second kappa shape index (κ2) is 6.12.